The van der Waals surface area contributed by atoms with Crippen LogP contribution in [0.1, 0.15) is 11.3 Å². The number of nitrogens with zero attached hydrogens (tertiary/aromatic N) is 3. The standard InChI is InChI=1S/C23H20F2N4O4/c1-14-19(22(31)29(28(14)2)17-9-5-4-6-10-17)27-21(30)16(13-26)12-15-8-7-11-18(32-3)20(15)33-23(24)25/h4-12,23H,1-3H3,(H,27,30)/b16-12+. The van der Waals surface area contributed by atoms with Crippen LogP contribution >= 0.6 is 0 Å². The van der Waals surface area contributed by atoms with Crippen molar-refractivity contribution in [3.8, 4) is 23.3 Å². The van der Waals surface area contributed by atoms with E-state index in [1.54, 1.807) is 49.0 Å². The summed E-state index contributed by atoms with van der Waals surface area (Å²) >= 11 is 0. The number of carbonyl (C=O) groups excluding carboxylic acids is 1. The molecule has 0 spiro atoms. The number of aromatic nitrogens is 2. The first-order valence-electron chi connectivity index (χ1n) is 9.67. The van der Waals surface area contributed by atoms with Gasteiger partial charge in [0.2, 0.25) is 0 Å². The monoisotopic (exact) mass is 454 g/mol. The van der Waals surface area contributed by atoms with Gasteiger partial charge in [-0.3, -0.25) is 14.3 Å². The van der Waals surface area contributed by atoms with E-state index in [9.17, 15) is 23.6 Å². The van der Waals surface area contributed by atoms with Gasteiger partial charge >= 0.3 is 6.61 Å². The van der Waals surface area contributed by atoms with Crippen molar-refractivity contribution in [1.82, 2.24) is 9.36 Å². The quantitative estimate of drug-likeness (QED) is 0.434. The molecule has 0 saturated heterocycles. The average Bonchev–Trinajstić information content (AvgIpc) is 3.01. The first-order chi connectivity index (χ1) is 15.8. The number of nitrogens with one attached hydrogen (secondary N) is 1. The highest BCUT2D eigenvalue weighted by Crippen LogP contribution is 2.34. The minimum absolute atomic E-state index is 0.00593. The van der Waals surface area contributed by atoms with Crippen molar-refractivity contribution >= 4 is 17.7 Å². The lowest BCUT2D eigenvalue weighted by atomic mass is 10.1. The highest BCUT2D eigenvalue weighted by molar-refractivity contribution is 6.10. The molecule has 0 aliphatic carbocycles. The molecule has 1 heterocycles. The van der Waals surface area contributed by atoms with E-state index in [0.29, 0.717) is 11.4 Å². The van der Waals surface area contributed by atoms with Crippen molar-refractivity contribution in [3.63, 3.8) is 0 Å². The molecule has 0 aliphatic heterocycles. The van der Waals surface area contributed by atoms with E-state index in [4.69, 9.17) is 4.74 Å². The van der Waals surface area contributed by atoms with Crippen molar-refractivity contribution < 1.29 is 23.0 Å². The van der Waals surface area contributed by atoms with Crippen LogP contribution in [0.5, 0.6) is 11.5 Å². The summed E-state index contributed by atoms with van der Waals surface area (Å²) in [5.74, 6) is -1.20. The molecule has 0 fully saturated rings. The normalized spacial score (nSPS) is 11.2. The Morgan fingerprint density at radius 3 is 2.48 bits per heavy atom. The third-order valence-corrected chi connectivity index (χ3v) is 4.89. The Morgan fingerprint density at radius 2 is 1.88 bits per heavy atom. The minimum atomic E-state index is -3.14. The number of nitriles is 1. The number of hydrogen-bond acceptors (Lipinski definition) is 5. The van der Waals surface area contributed by atoms with E-state index in [-0.39, 0.29) is 22.7 Å². The second-order valence-electron chi connectivity index (χ2n) is 6.82. The molecule has 1 N–H and O–H groups in total. The van der Waals surface area contributed by atoms with E-state index in [1.165, 1.54) is 30.0 Å². The molecule has 3 rings (SSSR count). The van der Waals surface area contributed by atoms with Crippen LogP contribution in [0, 0.1) is 18.3 Å². The molecule has 3 aromatic rings. The second-order valence-corrected chi connectivity index (χ2v) is 6.82. The lowest BCUT2D eigenvalue weighted by molar-refractivity contribution is -0.112. The first-order valence-corrected chi connectivity index (χ1v) is 9.67. The summed E-state index contributed by atoms with van der Waals surface area (Å²) in [6, 6.07) is 14.8. The molecule has 33 heavy (non-hydrogen) atoms. The van der Waals surface area contributed by atoms with E-state index in [1.807, 2.05) is 6.07 Å². The number of carbonyl (C=O) groups is 1. The van der Waals surface area contributed by atoms with Gasteiger partial charge in [0.25, 0.3) is 11.5 Å². The predicted octanol–water partition coefficient (Wildman–Crippen LogP) is 3.64. The Morgan fingerprint density at radius 1 is 1.18 bits per heavy atom. The summed E-state index contributed by atoms with van der Waals surface area (Å²) in [4.78, 5) is 25.8. The fourth-order valence-electron chi connectivity index (χ4n) is 3.22. The maximum absolute atomic E-state index is 13.0. The number of ether oxygens (including phenoxy) is 2. The highest BCUT2D eigenvalue weighted by atomic mass is 19.3. The maximum Gasteiger partial charge on any atom is 0.387 e. The Kier molecular flexibility index (Phi) is 6.93. The Labute approximate surface area is 187 Å². The Bertz CT molecular complexity index is 1300. The summed E-state index contributed by atoms with van der Waals surface area (Å²) in [5.41, 5.74) is 0.161. The molecule has 1 aromatic heterocycles. The Hall–Kier alpha value is -4.39. The summed E-state index contributed by atoms with van der Waals surface area (Å²) in [6.45, 7) is -1.50. The van der Waals surface area contributed by atoms with Gasteiger partial charge in [-0.1, -0.05) is 30.3 Å². The number of alkyl halides is 2. The molecule has 1 amide bonds. The SMILES string of the molecule is COc1cccc(/C=C(\C#N)C(=O)Nc2c(C)n(C)n(-c3ccccc3)c2=O)c1OC(F)F. The number of rotatable bonds is 7. The topological polar surface area (TPSA) is 98.3 Å². The summed E-state index contributed by atoms with van der Waals surface area (Å²) in [6.07, 6.45) is 1.09. The summed E-state index contributed by atoms with van der Waals surface area (Å²) in [5, 5.41) is 12.0. The molecule has 0 radical (unpaired) electrons. The average molecular weight is 454 g/mol. The van der Waals surface area contributed by atoms with Gasteiger partial charge in [-0.25, -0.2) is 4.68 Å². The zero-order valence-electron chi connectivity index (χ0n) is 18.0. The molecule has 0 saturated carbocycles. The van der Waals surface area contributed by atoms with Crippen LogP contribution in [0.25, 0.3) is 11.8 Å². The number of amides is 1. The van der Waals surface area contributed by atoms with E-state index < -0.39 is 23.7 Å². The molecule has 0 unspecified atom stereocenters. The minimum Gasteiger partial charge on any atom is -0.493 e. The zero-order valence-corrected chi connectivity index (χ0v) is 18.0. The fourth-order valence-corrected chi connectivity index (χ4v) is 3.22. The number of halogens is 2. The van der Waals surface area contributed by atoms with Crippen LogP contribution in [0.2, 0.25) is 0 Å². The van der Waals surface area contributed by atoms with Crippen LogP contribution in [0.4, 0.5) is 14.5 Å². The lowest BCUT2D eigenvalue weighted by Crippen LogP contribution is -2.23. The van der Waals surface area contributed by atoms with Crippen LogP contribution in [-0.4, -0.2) is 29.0 Å². The van der Waals surface area contributed by atoms with Gasteiger partial charge in [0.15, 0.2) is 11.5 Å². The summed E-state index contributed by atoms with van der Waals surface area (Å²) < 4.78 is 38.2. The number of benzene rings is 2. The smallest absolute Gasteiger partial charge is 0.387 e. The molecule has 0 bridgehead atoms. The van der Waals surface area contributed by atoms with Crippen LogP contribution in [0.15, 0.2) is 58.9 Å². The third kappa shape index (κ3) is 4.77. The van der Waals surface area contributed by atoms with Crippen LogP contribution in [0.3, 0.4) is 0 Å². The van der Waals surface area contributed by atoms with Crippen molar-refractivity contribution in [2.24, 2.45) is 7.05 Å². The molecular formula is C23H20F2N4O4. The molecular weight excluding hydrogens is 434 g/mol. The molecule has 2 aromatic carbocycles. The van der Waals surface area contributed by atoms with Gasteiger partial charge in [-0.05, 0) is 31.2 Å². The first kappa shape index (κ1) is 23.3. The molecule has 0 atom stereocenters. The van der Waals surface area contributed by atoms with Crippen LogP contribution in [-0.2, 0) is 11.8 Å². The molecule has 0 aliphatic rings. The van der Waals surface area contributed by atoms with E-state index >= 15 is 0 Å². The van der Waals surface area contributed by atoms with Crippen molar-refractivity contribution in [2.45, 2.75) is 13.5 Å². The second kappa shape index (κ2) is 9.82. The van der Waals surface area contributed by atoms with E-state index in [2.05, 4.69) is 10.1 Å². The summed E-state index contributed by atoms with van der Waals surface area (Å²) in [7, 11) is 2.93. The van der Waals surface area contributed by atoms with Crippen molar-refractivity contribution in [3.05, 3.63) is 75.7 Å². The predicted molar refractivity (Wildman–Crippen MR) is 118 cm³/mol. The zero-order chi connectivity index (χ0) is 24.1. The third-order valence-electron chi connectivity index (χ3n) is 4.89. The fraction of sp³-hybridized carbons (Fsp3) is 0.174. The lowest BCUT2D eigenvalue weighted by Gasteiger charge is -2.12. The number of hydrogen-bond donors (Lipinski definition) is 1. The molecule has 8 nitrogen and oxygen atoms in total. The molecule has 170 valence electrons. The highest BCUT2D eigenvalue weighted by Gasteiger charge is 2.21. The van der Waals surface area contributed by atoms with Gasteiger partial charge in [-0.15, -0.1) is 0 Å². The van der Waals surface area contributed by atoms with Crippen molar-refractivity contribution in [2.75, 3.05) is 12.4 Å². The van der Waals surface area contributed by atoms with Gasteiger partial charge in [0, 0.05) is 12.6 Å². The van der Waals surface area contributed by atoms with Crippen LogP contribution < -0.4 is 20.3 Å². The number of anilines is 1. The van der Waals surface area contributed by atoms with Gasteiger partial charge < -0.3 is 14.8 Å². The van der Waals surface area contributed by atoms with Gasteiger partial charge in [0.05, 0.1) is 18.5 Å². The largest absolute Gasteiger partial charge is 0.493 e. The van der Waals surface area contributed by atoms with E-state index in [0.717, 1.165) is 6.08 Å². The Balaban J connectivity index is 2.00. The van der Waals surface area contributed by atoms with Gasteiger partial charge in [0.1, 0.15) is 17.3 Å². The number of methoxy groups -OCH3 is 1. The van der Waals surface area contributed by atoms with Crippen molar-refractivity contribution in [1.29, 1.82) is 5.26 Å². The maximum atomic E-state index is 13.0. The number of para-hydroxylation sites is 2. The van der Waals surface area contributed by atoms with Gasteiger partial charge in [-0.2, -0.15) is 14.0 Å². The molecule has 10 heteroatoms.